The number of carboxylic acids is 1. The second-order valence-corrected chi connectivity index (χ2v) is 5.96. The van der Waals surface area contributed by atoms with Gasteiger partial charge in [0.25, 0.3) is 0 Å². The normalized spacial score (nSPS) is 20.6. The van der Waals surface area contributed by atoms with Crippen molar-refractivity contribution < 1.29 is 44.3 Å². The molecule has 0 aromatic carbocycles. The summed E-state index contributed by atoms with van der Waals surface area (Å²) in [7, 11) is 0. The first-order valence-corrected chi connectivity index (χ1v) is 6.79. The van der Waals surface area contributed by atoms with Crippen molar-refractivity contribution in [3.63, 3.8) is 0 Å². The summed E-state index contributed by atoms with van der Waals surface area (Å²) in [6.07, 6.45) is 0.391. The zero-order valence-corrected chi connectivity index (χ0v) is 14.4. The third-order valence-corrected chi connectivity index (χ3v) is 4.54. The largest absolute Gasteiger partial charge is 1.00 e. The molecule has 1 amide bonds. The molecule has 2 aliphatic rings. The zero-order valence-electron chi connectivity index (χ0n) is 11.5. The number of amides is 1. The molecule has 0 radical (unpaired) electrons. The van der Waals surface area contributed by atoms with Crippen LogP contribution >= 0.6 is 11.8 Å². The molecule has 0 unspecified atom stereocenters. The Hall–Kier alpha value is -0.760. The number of hydrogen-bond donors (Lipinski definition) is 0. The molecule has 3 heterocycles. The second-order valence-electron chi connectivity index (χ2n) is 4.68. The summed E-state index contributed by atoms with van der Waals surface area (Å²) in [6.45, 7) is 4.17. The minimum Gasteiger partial charge on any atom is -0.543 e. The first-order valence-electron chi connectivity index (χ1n) is 5.91. The maximum absolute atomic E-state index is 11.5. The Labute approximate surface area is 142 Å². The molecule has 1 saturated heterocycles. The molecule has 100 valence electrons. The molecule has 1 atom stereocenters. The monoisotopic (exact) mass is 301 g/mol. The van der Waals surface area contributed by atoms with E-state index in [1.165, 1.54) is 16.7 Å². The third kappa shape index (κ3) is 2.43. The fourth-order valence-electron chi connectivity index (χ4n) is 2.40. The van der Waals surface area contributed by atoms with E-state index < -0.39 is 5.97 Å². The van der Waals surface area contributed by atoms with Gasteiger partial charge < -0.3 is 9.90 Å². The Kier molecular flexibility index (Phi) is 4.34. The SMILES string of the molecule is Cc1cc(C)n(CC2=C(C(=O)[O-])N3C(=O)C[C@H]3S2)n1.[Na+]. The number of carboxylic acid groups (broad SMARTS) is 1. The summed E-state index contributed by atoms with van der Waals surface area (Å²) in [5.74, 6) is -1.44. The van der Waals surface area contributed by atoms with Gasteiger partial charge in [-0.3, -0.25) is 14.4 Å². The van der Waals surface area contributed by atoms with Crippen LogP contribution in [0.5, 0.6) is 0 Å². The minimum absolute atomic E-state index is 0. The smallest absolute Gasteiger partial charge is 0.543 e. The van der Waals surface area contributed by atoms with Crippen LogP contribution in [0.2, 0.25) is 0 Å². The van der Waals surface area contributed by atoms with Crippen LogP contribution in [0.1, 0.15) is 17.8 Å². The van der Waals surface area contributed by atoms with Gasteiger partial charge in [0.2, 0.25) is 5.91 Å². The average Bonchev–Trinajstić information content (AvgIpc) is 2.77. The number of carbonyl (C=O) groups is 2. The van der Waals surface area contributed by atoms with Gasteiger partial charge in [-0.25, -0.2) is 0 Å². The summed E-state index contributed by atoms with van der Waals surface area (Å²) < 4.78 is 1.75. The number of allylic oxidation sites excluding steroid dienone is 1. The summed E-state index contributed by atoms with van der Waals surface area (Å²) in [5.41, 5.74) is 1.86. The van der Waals surface area contributed by atoms with Crippen molar-refractivity contribution in [3.8, 4) is 0 Å². The number of nitrogens with zero attached hydrogens (tertiary/aromatic N) is 3. The fourth-order valence-corrected chi connectivity index (χ4v) is 3.77. The average molecular weight is 301 g/mol. The molecule has 1 aromatic rings. The van der Waals surface area contributed by atoms with Gasteiger partial charge in [-0.15, -0.1) is 11.8 Å². The van der Waals surface area contributed by atoms with Crippen molar-refractivity contribution in [2.45, 2.75) is 32.2 Å². The van der Waals surface area contributed by atoms with E-state index in [1.54, 1.807) is 4.68 Å². The quantitative estimate of drug-likeness (QED) is 0.433. The van der Waals surface area contributed by atoms with Crippen LogP contribution in [0, 0.1) is 13.8 Å². The molecule has 0 spiro atoms. The van der Waals surface area contributed by atoms with Crippen molar-refractivity contribution in [1.29, 1.82) is 0 Å². The van der Waals surface area contributed by atoms with Crippen molar-refractivity contribution in [1.82, 2.24) is 14.7 Å². The van der Waals surface area contributed by atoms with Gasteiger partial charge in [-0.05, 0) is 19.9 Å². The molecule has 8 heteroatoms. The maximum Gasteiger partial charge on any atom is 1.00 e. The Balaban J connectivity index is 0.00000147. The molecule has 0 saturated carbocycles. The number of aryl methyl sites for hydroxylation is 2. The van der Waals surface area contributed by atoms with E-state index >= 15 is 0 Å². The van der Waals surface area contributed by atoms with E-state index in [9.17, 15) is 14.7 Å². The number of rotatable bonds is 3. The Bertz CT molecular complexity index is 625. The number of hydrogen-bond acceptors (Lipinski definition) is 5. The molecule has 1 aromatic heterocycles. The predicted molar refractivity (Wildman–Crippen MR) is 66.6 cm³/mol. The molecule has 0 aliphatic carbocycles. The molecule has 1 fully saturated rings. The number of carbonyl (C=O) groups excluding carboxylic acids is 2. The topological polar surface area (TPSA) is 78.3 Å². The molecule has 6 nitrogen and oxygen atoms in total. The molecular weight excluding hydrogens is 289 g/mol. The van der Waals surface area contributed by atoms with Gasteiger partial charge in [0.15, 0.2) is 0 Å². The zero-order chi connectivity index (χ0) is 13.7. The number of aromatic nitrogens is 2. The number of thioether (sulfide) groups is 1. The summed E-state index contributed by atoms with van der Waals surface area (Å²) in [4.78, 5) is 24.6. The number of β-lactam (4-membered cyclic amide) rings is 1. The van der Waals surface area contributed by atoms with Gasteiger partial charge in [0.1, 0.15) is 0 Å². The van der Waals surface area contributed by atoms with Gasteiger partial charge in [0.05, 0.1) is 35.7 Å². The van der Waals surface area contributed by atoms with Crippen molar-refractivity contribution in [3.05, 3.63) is 28.1 Å². The van der Waals surface area contributed by atoms with Gasteiger partial charge in [0, 0.05) is 10.6 Å². The summed E-state index contributed by atoms with van der Waals surface area (Å²) >= 11 is 1.42. The Morgan fingerprint density at radius 3 is 2.75 bits per heavy atom. The molecule has 0 bridgehead atoms. The van der Waals surface area contributed by atoms with Crippen LogP contribution in [-0.4, -0.2) is 31.9 Å². The maximum atomic E-state index is 11.5. The van der Waals surface area contributed by atoms with Crippen LogP contribution < -0.4 is 34.7 Å². The van der Waals surface area contributed by atoms with Crippen LogP contribution in [0.15, 0.2) is 16.7 Å². The van der Waals surface area contributed by atoms with Gasteiger partial charge in [-0.1, -0.05) is 0 Å². The standard InChI is InChI=1S/C12H13N3O3S.Na/c1-6-3-7(2)14(13-6)5-8-11(12(17)18)15-9(16)4-10(15)19-8;/h3,10H,4-5H2,1-2H3,(H,17,18);/q;+1/p-1/t10-;/m1./s1. The van der Waals surface area contributed by atoms with Crippen molar-refractivity contribution in [2.75, 3.05) is 0 Å². The van der Waals surface area contributed by atoms with Gasteiger partial charge >= 0.3 is 29.6 Å². The molecule has 0 N–H and O–H groups in total. The van der Waals surface area contributed by atoms with Crippen molar-refractivity contribution in [2.24, 2.45) is 0 Å². The first kappa shape index (κ1) is 15.6. The van der Waals surface area contributed by atoms with E-state index in [-0.39, 0.29) is 46.5 Å². The van der Waals surface area contributed by atoms with E-state index in [0.717, 1.165) is 11.4 Å². The second kappa shape index (κ2) is 5.55. The van der Waals surface area contributed by atoms with Gasteiger partial charge in [-0.2, -0.15) is 5.10 Å². The predicted octanol–water partition coefficient (Wildman–Crippen LogP) is -3.23. The first-order chi connectivity index (χ1) is 8.97. The van der Waals surface area contributed by atoms with Crippen LogP contribution in [0.4, 0.5) is 0 Å². The minimum atomic E-state index is -1.29. The Morgan fingerprint density at radius 2 is 2.25 bits per heavy atom. The van der Waals surface area contributed by atoms with Crippen LogP contribution in [-0.2, 0) is 16.1 Å². The Morgan fingerprint density at radius 1 is 1.55 bits per heavy atom. The molecule has 20 heavy (non-hydrogen) atoms. The van der Waals surface area contributed by atoms with E-state index in [0.29, 0.717) is 17.9 Å². The van der Waals surface area contributed by atoms with Crippen molar-refractivity contribution >= 4 is 23.6 Å². The molecule has 3 rings (SSSR count). The van der Waals surface area contributed by atoms with Crippen LogP contribution in [0.25, 0.3) is 0 Å². The third-order valence-electron chi connectivity index (χ3n) is 3.28. The van der Waals surface area contributed by atoms with E-state index in [4.69, 9.17) is 0 Å². The van der Waals surface area contributed by atoms with Crippen LogP contribution in [0.3, 0.4) is 0 Å². The van der Waals surface area contributed by atoms with E-state index in [2.05, 4.69) is 5.10 Å². The summed E-state index contributed by atoms with van der Waals surface area (Å²) in [5, 5.41) is 15.5. The molecule has 2 aliphatic heterocycles. The fraction of sp³-hybridized carbons (Fsp3) is 0.417. The van der Waals surface area contributed by atoms with E-state index in [1.807, 2.05) is 19.9 Å². The summed E-state index contributed by atoms with van der Waals surface area (Å²) in [6, 6.07) is 1.93. The number of fused-ring (bicyclic) bond motifs is 1. The number of aliphatic carboxylic acids is 1. The molecular formula is C12H12N3NaO3S.